The number of halogens is 1. The summed E-state index contributed by atoms with van der Waals surface area (Å²) >= 11 is 0. The van der Waals surface area contributed by atoms with E-state index in [1.807, 2.05) is 30.5 Å². The van der Waals surface area contributed by atoms with E-state index in [0.29, 0.717) is 6.54 Å². The normalized spacial score (nSPS) is 22.3. The minimum absolute atomic E-state index is 0.257. The average Bonchev–Trinajstić information content (AvgIpc) is 3.58. The Labute approximate surface area is 207 Å². The first-order chi connectivity index (χ1) is 17.5. The number of rotatable bonds is 4. The monoisotopic (exact) mass is 480 g/mol. The smallest absolute Gasteiger partial charge is 0.335 e. The maximum Gasteiger partial charge on any atom is 0.335 e. The molecule has 6 heteroatoms. The molecule has 2 fully saturated rings. The summed E-state index contributed by atoms with van der Waals surface area (Å²) in [6.07, 6.45) is 6.49. The third-order valence-electron chi connectivity index (χ3n) is 7.94. The summed E-state index contributed by atoms with van der Waals surface area (Å²) < 4.78 is 22.4. The molecule has 4 aromatic rings. The summed E-state index contributed by atoms with van der Waals surface area (Å²) in [7, 11) is 0. The van der Waals surface area contributed by atoms with Gasteiger partial charge in [0.1, 0.15) is 5.82 Å². The molecule has 4 heterocycles. The van der Waals surface area contributed by atoms with Crippen LogP contribution in [0.25, 0.3) is 27.7 Å². The number of carboxylic acids is 1. The second-order valence-corrected chi connectivity index (χ2v) is 10.1. The summed E-state index contributed by atoms with van der Waals surface area (Å²) in [5.41, 5.74) is 7.82. The van der Waals surface area contributed by atoms with E-state index >= 15 is 0 Å². The summed E-state index contributed by atoms with van der Waals surface area (Å²) in [4.78, 5) is 16.0. The molecule has 36 heavy (non-hydrogen) atoms. The average molecular weight is 481 g/mol. The maximum atomic E-state index is 13.9. The number of ether oxygens (including phenoxy) is 1. The first kappa shape index (κ1) is 21.5. The van der Waals surface area contributed by atoms with Crippen LogP contribution in [0.1, 0.15) is 58.8 Å². The number of fused-ring (bicyclic) bond motifs is 4. The zero-order chi connectivity index (χ0) is 24.4. The van der Waals surface area contributed by atoms with E-state index in [1.54, 1.807) is 12.1 Å². The molecule has 1 aromatic heterocycles. The van der Waals surface area contributed by atoms with Gasteiger partial charge in [0, 0.05) is 34.5 Å². The Hall–Kier alpha value is -3.77. The van der Waals surface area contributed by atoms with Crippen LogP contribution in [-0.2, 0) is 11.3 Å². The van der Waals surface area contributed by atoms with Crippen molar-refractivity contribution in [1.29, 1.82) is 0 Å². The lowest BCUT2D eigenvalue weighted by molar-refractivity contribution is -0.00449. The van der Waals surface area contributed by atoms with Crippen molar-refractivity contribution in [2.45, 2.75) is 50.4 Å². The summed E-state index contributed by atoms with van der Waals surface area (Å²) in [6, 6.07) is 18.3. The Morgan fingerprint density at radius 2 is 1.72 bits per heavy atom. The molecule has 1 N–H and O–H groups in total. The van der Waals surface area contributed by atoms with Gasteiger partial charge in [-0.15, -0.1) is 0 Å². The summed E-state index contributed by atoms with van der Waals surface area (Å²) in [6.45, 7) is 0.654. The van der Waals surface area contributed by atoms with E-state index in [1.165, 1.54) is 23.4 Å². The number of carbonyl (C=O) groups is 1. The molecule has 180 valence electrons. The lowest BCUT2D eigenvalue weighted by Crippen LogP contribution is -2.25. The number of benzene rings is 3. The SMILES string of the molecule is O=C(O)c1ccc(-c2c(C3CC4CCC(C3)O4)n(-c3ccc(F)cc3)c3cc4c(cc23)CN=C4)cc1. The van der Waals surface area contributed by atoms with E-state index in [2.05, 4.69) is 21.7 Å². The van der Waals surface area contributed by atoms with Gasteiger partial charge in [-0.3, -0.25) is 4.99 Å². The second kappa shape index (κ2) is 8.14. The van der Waals surface area contributed by atoms with E-state index < -0.39 is 5.97 Å². The molecule has 2 atom stereocenters. The van der Waals surface area contributed by atoms with Crippen LogP contribution in [0.3, 0.4) is 0 Å². The van der Waals surface area contributed by atoms with Crippen molar-refractivity contribution in [3.63, 3.8) is 0 Å². The highest BCUT2D eigenvalue weighted by atomic mass is 19.1. The Kier molecular flexibility index (Phi) is 4.86. The lowest BCUT2D eigenvalue weighted by atomic mass is 9.87. The fourth-order valence-electron chi connectivity index (χ4n) is 6.33. The van der Waals surface area contributed by atoms with E-state index in [4.69, 9.17) is 4.74 Å². The van der Waals surface area contributed by atoms with Gasteiger partial charge in [-0.2, -0.15) is 0 Å². The number of aromatic carboxylic acids is 1. The van der Waals surface area contributed by atoms with Crippen molar-refractivity contribution in [1.82, 2.24) is 4.57 Å². The molecule has 3 aromatic carbocycles. The zero-order valence-corrected chi connectivity index (χ0v) is 19.7. The highest BCUT2D eigenvalue weighted by Gasteiger charge is 2.39. The van der Waals surface area contributed by atoms with Crippen LogP contribution < -0.4 is 0 Å². The van der Waals surface area contributed by atoms with Crippen molar-refractivity contribution >= 4 is 23.1 Å². The summed E-state index contributed by atoms with van der Waals surface area (Å²) in [5.74, 6) is -0.934. The first-order valence-corrected chi connectivity index (χ1v) is 12.5. The third kappa shape index (κ3) is 3.39. The van der Waals surface area contributed by atoms with Gasteiger partial charge in [0.05, 0.1) is 29.8 Å². The minimum atomic E-state index is -0.938. The molecule has 7 rings (SSSR count). The van der Waals surface area contributed by atoms with Crippen molar-refractivity contribution < 1.29 is 19.0 Å². The predicted molar refractivity (Wildman–Crippen MR) is 137 cm³/mol. The van der Waals surface area contributed by atoms with Crippen LogP contribution in [0, 0.1) is 5.82 Å². The van der Waals surface area contributed by atoms with Crippen LogP contribution >= 0.6 is 0 Å². The van der Waals surface area contributed by atoms with Gasteiger partial charge in [-0.05, 0) is 90.9 Å². The molecular weight excluding hydrogens is 455 g/mol. The molecule has 3 aliphatic heterocycles. The van der Waals surface area contributed by atoms with Gasteiger partial charge in [-0.25, -0.2) is 9.18 Å². The van der Waals surface area contributed by atoms with Gasteiger partial charge in [0.2, 0.25) is 0 Å². The van der Waals surface area contributed by atoms with Crippen molar-refractivity contribution in [2.24, 2.45) is 4.99 Å². The third-order valence-corrected chi connectivity index (χ3v) is 7.94. The summed E-state index contributed by atoms with van der Waals surface area (Å²) in [5, 5.41) is 10.6. The highest BCUT2D eigenvalue weighted by Crippen LogP contribution is 2.48. The molecule has 2 saturated heterocycles. The number of hydrogen-bond acceptors (Lipinski definition) is 3. The number of carboxylic acid groups (broad SMARTS) is 1. The molecule has 0 aliphatic carbocycles. The fraction of sp³-hybridized carbons (Fsp3) is 0.267. The standard InChI is InChI=1S/C30H25FN2O3/c31-22-5-7-23(8-6-22)33-27-14-21-16-32-15-20(21)13-26(27)28(17-1-3-18(4-2-17)30(34)35)29(33)19-11-24-9-10-25(12-19)36-24/h1-8,13-14,16,19,24-25H,9-12,15H2,(H,34,35). The van der Waals surface area contributed by atoms with Gasteiger partial charge < -0.3 is 14.4 Å². The Morgan fingerprint density at radius 3 is 2.42 bits per heavy atom. The van der Waals surface area contributed by atoms with E-state index in [-0.39, 0.29) is 29.5 Å². The molecule has 2 unspecified atom stereocenters. The van der Waals surface area contributed by atoms with Crippen LogP contribution in [0.5, 0.6) is 0 Å². The molecule has 0 spiro atoms. The van der Waals surface area contributed by atoms with Gasteiger partial charge in [0.15, 0.2) is 0 Å². The molecule has 0 saturated carbocycles. The van der Waals surface area contributed by atoms with Gasteiger partial charge in [0.25, 0.3) is 0 Å². The molecule has 5 nitrogen and oxygen atoms in total. The second-order valence-electron chi connectivity index (χ2n) is 10.1. The van der Waals surface area contributed by atoms with Crippen LogP contribution in [0.4, 0.5) is 4.39 Å². The van der Waals surface area contributed by atoms with Crippen LogP contribution in [-0.4, -0.2) is 34.1 Å². The minimum Gasteiger partial charge on any atom is -0.478 e. The molecular formula is C30H25FN2O3. The van der Waals surface area contributed by atoms with Crippen molar-refractivity contribution in [3.8, 4) is 16.8 Å². The molecule has 0 amide bonds. The van der Waals surface area contributed by atoms with Gasteiger partial charge in [-0.1, -0.05) is 12.1 Å². The van der Waals surface area contributed by atoms with Crippen molar-refractivity contribution in [2.75, 3.05) is 0 Å². The van der Waals surface area contributed by atoms with Crippen LogP contribution in [0.2, 0.25) is 0 Å². The zero-order valence-electron chi connectivity index (χ0n) is 19.7. The number of aromatic nitrogens is 1. The number of nitrogens with zero attached hydrogens (tertiary/aromatic N) is 2. The molecule has 3 aliphatic rings. The largest absolute Gasteiger partial charge is 0.478 e. The van der Waals surface area contributed by atoms with Gasteiger partial charge >= 0.3 is 5.97 Å². The Bertz CT molecular complexity index is 1520. The fourth-order valence-corrected chi connectivity index (χ4v) is 6.33. The Morgan fingerprint density at radius 1 is 1.00 bits per heavy atom. The highest BCUT2D eigenvalue weighted by molar-refractivity contribution is 6.03. The number of hydrogen-bond donors (Lipinski definition) is 1. The number of aliphatic imine (C=N–C) groups is 1. The Balaban J connectivity index is 1.54. The maximum absolute atomic E-state index is 13.9. The van der Waals surface area contributed by atoms with Crippen molar-refractivity contribution in [3.05, 3.63) is 88.9 Å². The van der Waals surface area contributed by atoms with E-state index in [0.717, 1.165) is 59.0 Å². The first-order valence-electron chi connectivity index (χ1n) is 12.5. The molecule has 2 bridgehead atoms. The predicted octanol–water partition coefficient (Wildman–Crippen LogP) is 6.49. The van der Waals surface area contributed by atoms with Crippen LogP contribution in [0.15, 0.2) is 65.7 Å². The molecule has 0 radical (unpaired) electrons. The topological polar surface area (TPSA) is 63.8 Å². The lowest BCUT2D eigenvalue weighted by Gasteiger charge is -2.30. The van der Waals surface area contributed by atoms with E-state index in [9.17, 15) is 14.3 Å². The quantitative estimate of drug-likeness (QED) is 0.363.